The first-order valence-electron chi connectivity index (χ1n) is 13.1. The number of aliphatic hydroxyl groups is 1. The normalized spacial score (nSPS) is 18.8. The molecule has 1 aliphatic rings. The Labute approximate surface area is 240 Å². The molecule has 0 saturated carbocycles. The van der Waals surface area contributed by atoms with E-state index < -0.39 is 10.0 Å². The van der Waals surface area contributed by atoms with Crippen LogP contribution >= 0.6 is 11.6 Å². The van der Waals surface area contributed by atoms with Crippen LogP contribution in [0.5, 0.6) is 5.75 Å². The van der Waals surface area contributed by atoms with Crippen LogP contribution in [0.15, 0.2) is 71.9 Å². The highest BCUT2D eigenvalue weighted by molar-refractivity contribution is 7.92. The summed E-state index contributed by atoms with van der Waals surface area (Å²) in [6.45, 7) is 5.38. The van der Waals surface area contributed by atoms with Crippen molar-refractivity contribution in [3.05, 3.63) is 83.1 Å². The molecular formula is C29H35ClN4O5S. The lowest BCUT2D eigenvalue weighted by atomic mass is 10.0. The number of fused-ring (bicyclic) bond motifs is 1. The molecule has 0 aliphatic carbocycles. The minimum Gasteiger partial charge on any atom is -0.488 e. The van der Waals surface area contributed by atoms with Gasteiger partial charge in [-0.15, -0.1) is 0 Å². The van der Waals surface area contributed by atoms with Crippen molar-refractivity contribution in [1.82, 2.24) is 14.8 Å². The lowest BCUT2D eigenvalue weighted by molar-refractivity contribution is -0.134. The van der Waals surface area contributed by atoms with E-state index in [1.54, 1.807) is 35.5 Å². The fraction of sp³-hybridized carbons (Fsp3) is 0.379. The number of pyridine rings is 1. The van der Waals surface area contributed by atoms with E-state index in [0.717, 1.165) is 5.56 Å². The molecule has 3 aromatic rings. The molecule has 0 unspecified atom stereocenters. The largest absolute Gasteiger partial charge is 0.488 e. The quantitative estimate of drug-likeness (QED) is 0.392. The van der Waals surface area contributed by atoms with Gasteiger partial charge in [-0.25, -0.2) is 8.42 Å². The van der Waals surface area contributed by atoms with E-state index in [4.69, 9.17) is 16.3 Å². The van der Waals surface area contributed by atoms with Crippen LogP contribution < -0.4 is 9.46 Å². The van der Waals surface area contributed by atoms with Crippen molar-refractivity contribution in [3.8, 4) is 5.75 Å². The summed E-state index contributed by atoms with van der Waals surface area (Å²) >= 11 is 5.91. The summed E-state index contributed by atoms with van der Waals surface area (Å²) in [5.74, 6) is 0.309. The number of aromatic nitrogens is 1. The Morgan fingerprint density at radius 3 is 2.55 bits per heavy atom. The Bertz CT molecular complexity index is 1410. The fourth-order valence-electron chi connectivity index (χ4n) is 4.71. The van der Waals surface area contributed by atoms with E-state index in [2.05, 4.69) is 14.6 Å². The van der Waals surface area contributed by atoms with Crippen molar-refractivity contribution in [1.29, 1.82) is 0 Å². The first-order valence-corrected chi connectivity index (χ1v) is 15.0. The van der Waals surface area contributed by atoms with Crippen molar-refractivity contribution < 1.29 is 23.1 Å². The number of rotatable bonds is 9. The van der Waals surface area contributed by atoms with Crippen molar-refractivity contribution >= 4 is 33.2 Å². The van der Waals surface area contributed by atoms with Crippen molar-refractivity contribution in [2.45, 2.75) is 43.9 Å². The molecule has 0 spiro atoms. The lowest BCUT2D eigenvalue weighted by Gasteiger charge is -2.34. The second-order valence-corrected chi connectivity index (χ2v) is 12.4. The third-order valence-electron chi connectivity index (χ3n) is 6.99. The zero-order valence-electron chi connectivity index (χ0n) is 22.8. The van der Waals surface area contributed by atoms with Gasteiger partial charge in [0.05, 0.1) is 24.0 Å². The summed E-state index contributed by atoms with van der Waals surface area (Å²) in [5, 5.41) is 10.3. The number of anilines is 1. The van der Waals surface area contributed by atoms with Gasteiger partial charge < -0.3 is 14.7 Å². The number of amides is 1. The summed E-state index contributed by atoms with van der Waals surface area (Å²) in [6, 6.07) is 14.4. The van der Waals surface area contributed by atoms with Gasteiger partial charge in [0.25, 0.3) is 10.0 Å². The Morgan fingerprint density at radius 1 is 1.18 bits per heavy atom. The molecule has 40 heavy (non-hydrogen) atoms. The summed E-state index contributed by atoms with van der Waals surface area (Å²) in [5.41, 5.74) is 2.00. The van der Waals surface area contributed by atoms with Gasteiger partial charge in [-0.1, -0.05) is 18.5 Å². The van der Waals surface area contributed by atoms with Crippen LogP contribution in [0.1, 0.15) is 25.0 Å². The number of likely N-dealkylation sites (N-methyl/N-ethyl adjacent to an activating group) is 1. The maximum absolute atomic E-state index is 13.4. The molecule has 1 aliphatic heterocycles. The van der Waals surface area contributed by atoms with E-state index in [0.29, 0.717) is 41.7 Å². The van der Waals surface area contributed by atoms with Crippen molar-refractivity contribution in [2.75, 3.05) is 31.5 Å². The molecule has 2 heterocycles. The topological polar surface area (TPSA) is 112 Å². The van der Waals surface area contributed by atoms with Crippen LogP contribution in [0.2, 0.25) is 5.02 Å². The van der Waals surface area contributed by atoms with Crippen molar-refractivity contribution in [2.24, 2.45) is 5.92 Å². The number of hydrogen-bond acceptors (Lipinski definition) is 7. The molecular weight excluding hydrogens is 552 g/mol. The van der Waals surface area contributed by atoms with Gasteiger partial charge in [0.1, 0.15) is 11.9 Å². The third-order valence-corrected chi connectivity index (χ3v) is 8.64. The van der Waals surface area contributed by atoms with E-state index in [1.165, 1.54) is 24.3 Å². The monoisotopic (exact) mass is 586 g/mol. The lowest BCUT2D eigenvalue weighted by Crippen LogP contribution is -2.47. The number of carbonyl (C=O) groups is 1. The molecule has 9 nitrogen and oxygen atoms in total. The molecule has 0 saturated heterocycles. The number of hydrogen-bond donors (Lipinski definition) is 2. The van der Waals surface area contributed by atoms with Gasteiger partial charge in [-0.05, 0) is 74.1 Å². The van der Waals surface area contributed by atoms with E-state index in [9.17, 15) is 18.3 Å². The molecule has 1 aromatic heterocycles. The number of halogens is 1. The summed E-state index contributed by atoms with van der Waals surface area (Å²) in [4.78, 5) is 21.4. The Balaban J connectivity index is 1.63. The first-order chi connectivity index (χ1) is 19.1. The second kappa shape index (κ2) is 13.0. The molecule has 2 N–H and O–H groups in total. The minimum absolute atomic E-state index is 0.00246. The van der Waals surface area contributed by atoms with Gasteiger partial charge in [0.2, 0.25) is 5.91 Å². The SMILES string of the molecule is C[C@H]1CN([C@@H](C)CO)C(=O)Cc2cc(NS(=O)(=O)c3ccc(Cl)cc3)ccc2O[C@@H]1CN(C)Cc1ccncc1. The van der Waals surface area contributed by atoms with Gasteiger partial charge in [0.15, 0.2) is 0 Å². The van der Waals surface area contributed by atoms with E-state index >= 15 is 0 Å². The van der Waals surface area contributed by atoms with Crippen LogP contribution in [0.25, 0.3) is 0 Å². The predicted octanol–water partition coefficient (Wildman–Crippen LogP) is 3.82. The number of benzene rings is 2. The van der Waals surface area contributed by atoms with Gasteiger partial charge in [-0.3, -0.25) is 19.4 Å². The van der Waals surface area contributed by atoms with E-state index in [1.807, 2.05) is 33.0 Å². The highest BCUT2D eigenvalue weighted by atomic mass is 35.5. The Morgan fingerprint density at radius 2 is 1.88 bits per heavy atom. The Hall–Kier alpha value is -3.18. The van der Waals surface area contributed by atoms with Crippen LogP contribution in [0.3, 0.4) is 0 Å². The molecule has 0 radical (unpaired) electrons. The third kappa shape index (κ3) is 7.51. The van der Waals surface area contributed by atoms with Crippen LogP contribution in [-0.2, 0) is 27.8 Å². The molecule has 4 rings (SSSR count). The summed E-state index contributed by atoms with van der Waals surface area (Å²) in [7, 11) is -1.86. The number of nitrogens with zero attached hydrogens (tertiary/aromatic N) is 3. The zero-order chi connectivity index (χ0) is 28.9. The molecule has 0 fully saturated rings. The highest BCUT2D eigenvalue weighted by Crippen LogP contribution is 2.30. The molecule has 3 atom stereocenters. The number of carbonyl (C=O) groups excluding carboxylic acids is 1. The van der Waals surface area contributed by atoms with Gasteiger partial charge >= 0.3 is 0 Å². The molecule has 2 aromatic carbocycles. The molecule has 214 valence electrons. The predicted molar refractivity (Wildman–Crippen MR) is 155 cm³/mol. The zero-order valence-corrected chi connectivity index (χ0v) is 24.4. The number of ether oxygens (including phenoxy) is 1. The molecule has 0 bridgehead atoms. The van der Waals surface area contributed by atoms with Crippen LogP contribution in [0, 0.1) is 5.92 Å². The smallest absolute Gasteiger partial charge is 0.261 e. The maximum Gasteiger partial charge on any atom is 0.261 e. The maximum atomic E-state index is 13.4. The van der Waals surface area contributed by atoms with Gasteiger partial charge in [-0.2, -0.15) is 0 Å². The standard InChI is InChI=1S/C29H35ClN4O5S/c1-20-16-34(21(2)19-35)29(36)15-23-14-25(32-40(37,38)26-7-4-24(30)5-8-26)6-9-27(23)39-28(20)18-33(3)17-22-10-12-31-13-11-22/h4-14,20-21,28,32,35H,15-19H2,1-3H3/t20-,21-,28+/m0/s1. The number of nitrogens with one attached hydrogen (secondary N) is 1. The van der Waals surface area contributed by atoms with Crippen LogP contribution in [-0.4, -0.2) is 73.1 Å². The summed E-state index contributed by atoms with van der Waals surface area (Å²) < 4.78 is 35.1. The summed E-state index contributed by atoms with van der Waals surface area (Å²) in [6.07, 6.45) is 3.25. The van der Waals surface area contributed by atoms with Gasteiger partial charge in [0, 0.05) is 54.2 Å². The number of aliphatic hydroxyl groups excluding tert-OH is 1. The van der Waals surface area contributed by atoms with Crippen LogP contribution in [0.4, 0.5) is 5.69 Å². The second-order valence-electron chi connectivity index (χ2n) is 10.3. The average Bonchev–Trinajstić information content (AvgIpc) is 2.96. The fourth-order valence-corrected chi connectivity index (χ4v) is 5.89. The van der Waals surface area contributed by atoms with E-state index in [-0.39, 0.29) is 41.9 Å². The first kappa shape index (κ1) is 29.8. The molecule has 1 amide bonds. The average molecular weight is 587 g/mol. The Kier molecular flexibility index (Phi) is 9.68. The minimum atomic E-state index is -3.88. The van der Waals surface area contributed by atoms with Crippen molar-refractivity contribution in [3.63, 3.8) is 0 Å². The number of sulfonamides is 1. The molecule has 11 heteroatoms. The highest BCUT2D eigenvalue weighted by Gasteiger charge is 2.31.